The Morgan fingerprint density at radius 3 is 2.68 bits per heavy atom. The molecule has 2 heterocycles. The zero-order valence-electron chi connectivity index (χ0n) is 16.4. The van der Waals surface area contributed by atoms with Crippen molar-refractivity contribution < 1.29 is 9.32 Å². The van der Waals surface area contributed by atoms with Gasteiger partial charge in [-0.25, -0.2) is 0 Å². The van der Waals surface area contributed by atoms with Gasteiger partial charge < -0.3 is 9.84 Å². The van der Waals surface area contributed by atoms with Crippen LogP contribution in [0.1, 0.15) is 11.1 Å². The number of para-hydroxylation sites is 1. The van der Waals surface area contributed by atoms with Crippen molar-refractivity contribution in [1.29, 1.82) is 0 Å². The number of aryl methyl sites for hydroxylation is 1. The van der Waals surface area contributed by atoms with Crippen LogP contribution in [0.15, 0.2) is 85.6 Å². The zero-order chi connectivity index (χ0) is 21.4. The fourth-order valence-electron chi connectivity index (χ4n) is 3.25. The van der Waals surface area contributed by atoms with E-state index in [9.17, 15) is 4.79 Å². The van der Waals surface area contributed by atoms with Crippen LogP contribution in [0.2, 0.25) is 0 Å². The van der Waals surface area contributed by atoms with Gasteiger partial charge in [0.25, 0.3) is 5.91 Å². The van der Waals surface area contributed by atoms with Gasteiger partial charge in [0, 0.05) is 10.0 Å². The standard InChI is InChI=1S/C24H16BrN3O2S/c1-14-6-9-16(10-7-14)22-17-12-15(8-11-19(17)28-30-22)13-21-23(29)27-24(31-21)26-20-5-3-2-4-18(20)25/h2-13H,1H3,(H,26,27,29). The molecular weight excluding hydrogens is 474 g/mol. The first-order valence-corrected chi connectivity index (χ1v) is 11.2. The highest BCUT2D eigenvalue weighted by Gasteiger charge is 2.22. The Labute approximate surface area is 191 Å². The second-order valence-corrected chi connectivity index (χ2v) is 8.98. The molecule has 0 fully saturated rings. The molecule has 0 unspecified atom stereocenters. The Morgan fingerprint density at radius 1 is 1.06 bits per heavy atom. The van der Waals surface area contributed by atoms with Crippen LogP contribution in [0.5, 0.6) is 0 Å². The number of fused-ring (bicyclic) bond motifs is 1. The molecule has 0 saturated heterocycles. The number of nitrogens with zero attached hydrogens (tertiary/aromatic N) is 2. The van der Waals surface area contributed by atoms with Crippen LogP contribution in [0.3, 0.4) is 0 Å². The van der Waals surface area contributed by atoms with Crippen LogP contribution in [0.25, 0.3) is 28.3 Å². The Bertz CT molecular complexity index is 1370. The fourth-order valence-corrected chi connectivity index (χ4v) is 4.46. The highest BCUT2D eigenvalue weighted by molar-refractivity contribution is 9.10. The molecule has 1 aliphatic rings. The summed E-state index contributed by atoms with van der Waals surface area (Å²) in [5.74, 6) is 0.455. The summed E-state index contributed by atoms with van der Waals surface area (Å²) in [5, 5.41) is 8.82. The van der Waals surface area contributed by atoms with Crippen LogP contribution >= 0.6 is 27.7 Å². The lowest BCUT2D eigenvalue weighted by molar-refractivity contribution is -0.113. The van der Waals surface area contributed by atoms with Gasteiger partial charge in [0.15, 0.2) is 10.9 Å². The van der Waals surface area contributed by atoms with Gasteiger partial charge in [0.2, 0.25) is 0 Å². The Hall–Kier alpha value is -3.16. The minimum Gasteiger partial charge on any atom is -0.355 e. The average Bonchev–Trinajstić information content (AvgIpc) is 3.33. The van der Waals surface area contributed by atoms with E-state index in [0.29, 0.717) is 15.8 Å². The molecular formula is C24H16BrN3O2S. The Morgan fingerprint density at radius 2 is 1.87 bits per heavy atom. The monoisotopic (exact) mass is 489 g/mol. The van der Waals surface area contributed by atoms with Crippen molar-refractivity contribution in [2.45, 2.75) is 6.92 Å². The predicted molar refractivity (Wildman–Crippen MR) is 130 cm³/mol. The minimum atomic E-state index is -0.260. The SMILES string of the molecule is Cc1ccc(-c2onc3ccc(C=C4SC(Nc5ccccc5Br)=NC4=O)cc23)cc1. The normalized spacial score (nSPS) is 15.0. The molecule has 5 rings (SSSR count). The van der Waals surface area contributed by atoms with Crippen molar-refractivity contribution in [3.63, 3.8) is 0 Å². The summed E-state index contributed by atoms with van der Waals surface area (Å²) >= 11 is 4.81. The summed E-state index contributed by atoms with van der Waals surface area (Å²) in [6, 6.07) is 21.6. The predicted octanol–water partition coefficient (Wildman–Crippen LogP) is 6.65. The van der Waals surface area contributed by atoms with E-state index in [2.05, 4.69) is 31.4 Å². The largest absolute Gasteiger partial charge is 0.355 e. The molecule has 1 N–H and O–H groups in total. The van der Waals surface area contributed by atoms with E-state index in [1.807, 2.05) is 79.7 Å². The van der Waals surface area contributed by atoms with E-state index in [0.717, 1.165) is 32.2 Å². The number of carbonyl (C=O) groups is 1. The number of amidine groups is 1. The third kappa shape index (κ3) is 4.06. The van der Waals surface area contributed by atoms with E-state index in [4.69, 9.17) is 4.52 Å². The van der Waals surface area contributed by atoms with Crippen molar-refractivity contribution >= 4 is 61.4 Å². The summed E-state index contributed by atoms with van der Waals surface area (Å²) in [5.41, 5.74) is 4.67. The highest BCUT2D eigenvalue weighted by Crippen LogP contribution is 2.33. The van der Waals surface area contributed by atoms with Crippen molar-refractivity contribution in [3.8, 4) is 11.3 Å². The van der Waals surface area contributed by atoms with Gasteiger partial charge in [-0.1, -0.05) is 53.2 Å². The lowest BCUT2D eigenvalue weighted by Gasteiger charge is -2.06. The second kappa shape index (κ2) is 8.17. The number of carbonyl (C=O) groups excluding carboxylic acids is 1. The lowest BCUT2D eigenvalue weighted by Crippen LogP contribution is -2.05. The molecule has 1 aliphatic heterocycles. The van der Waals surface area contributed by atoms with Gasteiger partial charge >= 0.3 is 0 Å². The molecule has 5 nitrogen and oxygen atoms in total. The van der Waals surface area contributed by atoms with Crippen LogP contribution < -0.4 is 5.32 Å². The summed E-state index contributed by atoms with van der Waals surface area (Å²) in [6.07, 6.45) is 1.84. The van der Waals surface area contributed by atoms with Crippen molar-refractivity contribution in [2.24, 2.45) is 4.99 Å². The van der Waals surface area contributed by atoms with Crippen molar-refractivity contribution in [3.05, 3.63) is 87.2 Å². The maximum atomic E-state index is 12.4. The number of halogens is 1. The molecule has 31 heavy (non-hydrogen) atoms. The summed E-state index contributed by atoms with van der Waals surface area (Å²) in [6.45, 7) is 2.05. The lowest BCUT2D eigenvalue weighted by atomic mass is 10.0. The summed E-state index contributed by atoms with van der Waals surface area (Å²) in [4.78, 5) is 17.1. The molecule has 1 amide bonds. The minimum absolute atomic E-state index is 0.260. The number of benzene rings is 3. The summed E-state index contributed by atoms with van der Waals surface area (Å²) in [7, 11) is 0. The number of anilines is 1. The third-order valence-electron chi connectivity index (χ3n) is 4.85. The van der Waals surface area contributed by atoms with E-state index in [-0.39, 0.29) is 5.91 Å². The Kier molecular flexibility index (Phi) is 5.21. The molecule has 0 radical (unpaired) electrons. The molecule has 0 atom stereocenters. The maximum absolute atomic E-state index is 12.4. The first-order chi connectivity index (χ1) is 15.1. The van der Waals surface area contributed by atoms with Crippen LogP contribution in [-0.4, -0.2) is 16.2 Å². The zero-order valence-corrected chi connectivity index (χ0v) is 18.8. The number of aromatic nitrogens is 1. The van der Waals surface area contributed by atoms with Crippen LogP contribution in [-0.2, 0) is 4.79 Å². The van der Waals surface area contributed by atoms with E-state index in [1.165, 1.54) is 17.3 Å². The van der Waals surface area contributed by atoms with Crippen molar-refractivity contribution in [1.82, 2.24) is 5.16 Å². The van der Waals surface area contributed by atoms with E-state index < -0.39 is 0 Å². The van der Waals surface area contributed by atoms with Crippen molar-refractivity contribution in [2.75, 3.05) is 5.32 Å². The van der Waals surface area contributed by atoms with Crippen LogP contribution in [0, 0.1) is 6.92 Å². The van der Waals surface area contributed by atoms with Crippen LogP contribution in [0.4, 0.5) is 5.69 Å². The second-order valence-electron chi connectivity index (χ2n) is 7.09. The molecule has 0 saturated carbocycles. The maximum Gasteiger partial charge on any atom is 0.286 e. The Balaban J connectivity index is 1.42. The topological polar surface area (TPSA) is 67.5 Å². The average molecular weight is 490 g/mol. The van der Waals surface area contributed by atoms with Gasteiger partial charge in [0.05, 0.1) is 16.0 Å². The molecule has 1 aromatic heterocycles. The van der Waals surface area contributed by atoms with E-state index in [1.54, 1.807) is 0 Å². The first-order valence-electron chi connectivity index (χ1n) is 9.57. The van der Waals surface area contributed by atoms with Gasteiger partial charge in [-0.2, -0.15) is 4.99 Å². The van der Waals surface area contributed by atoms with Gasteiger partial charge in [-0.15, -0.1) is 0 Å². The smallest absolute Gasteiger partial charge is 0.286 e. The molecule has 3 aromatic carbocycles. The van der Waals surface area contributed by atoms with Gasteiger partial charge in [0.1, 0.15) is 5.52 Å². The fraction of sp³-hybridized carbons (Fsp3) is 0.0417. The molecule has 0 bridgehead atoms. The van der Waals surface area contributed by atoms with Gasteiger partial charge in [-0.3, -0.25) is 4.79 Å². The number of thioether (sulfide) groups is 1. The number of hydrogen-bond donors (Lipinski definition) is 1. The first kappa shape index (κ1) is 19.8. The number of hydrogen-bond acceptors (Lipinski definition) is 5. The molecule has 7 heteroatoms. The third-order valence-corrected chi connectivity index (χ3v) is 6.44. The number of aliphatic imine (C=N–C) groups is 1. The number of amides is 1. The summed E-state index contributed by atoms with van der Waals surface area (Å²) < 4.78 is 6.51. The number of nitrogens with one attached hydrogen (secondary N) is 1. The molecule has 152 valence electrons. The van der Waals surface area contributed by atoms with E-state index >= 15 is 0 Å². The van der Waals surface area contributed by atoms with Gasteiger partial charge in [-0.05, 0) is 70.5 Å². The highest BCUT2D eigenvalue weighted by atomic mass is 79.9. The number of rotatable bonds is 3. The quantitative estimate of drug-likeness (QED) is 0.326. The molecule has 0 spiro atoms. The molecule has 4 aromatic rings. The molecule has 0 aliphatic carbocycles.